The Morgan fingerprint density at radius 3 is 2.85 bits per heavy atom. The zero-order chi connectivity index (χ0) is 9.84. The third-order valence-corrected chi connectivity index (χ3v) is 1.35. The van der Waals surface area contributed by atoms with Crippen LogP contribution in [0.4, 0.5) is 8.78 Å². The summed E-state index contributed by atoms with van der Waals surface area (Å²) in [7, 11) is 0. The third kappa shape index (κ3) is 2.81. The van der Waals surface area contributed by atoms with Gasteiger partial charge in [0.05, 0.1) is 6.42 Å². The molecule has 0 aromatic carbocycles. The minimum absolute atomic E-state index is 0.0256. The topological polar surface area (TPSA) is 63.3 Å². The number of rotatable bonds is 4. The number of carbonyl (C=O) groups is 1. The molecule has 0 atom stereocenters. The van der Waals surface area contributed by atoms with Gasteiger partial charge in [-0.1, -0.05) is 0 Å². The van der Waals surface area contributed by atoms with Gasteiger partial charge < -0.3 is 9.52 Å². The van der Waals surface area contributed by atoms with Gasteiger partial charge in [-0.05, 0) is 0 Å². The molecule has 1 N–H and O–H groups in total. The lowest BCUT2D eigenvalue weighted by Crippen LogP contribution is -1.97. The molecule has 72 valence electrons. The molecule has 1 rings (SSSR count). The minimum Gasteiger partial charge on any atom is -0.481 e. The number of hydrogen-bond acceptors (Lipinski definition) is 3. The number of hydrogen-bond donors (Lipinski definition) is 1. The van der Waals surface area contributed by atoms with E-state index >= 15 is 0 Å². The van der Waals surface area contributed by atoms with Crippen molar-refractivity contribution in [2.75, 3.05) is 0 Å². The number of oxazole rings is 1. The number of aliphatic carboxylic acids is 1. The molecule has 0 radical (unpaired) electrons. The monoisotopic (exact) mass is 191 g/mol. The molecule has 0 saturated carbocycles. The summed E-state index contributed by atoms with van der Waals surface area (Å²) in [6.45, 7) is 0. The van der Waals surface area contributed by atoms with Crippen LogP contribution < -0.4 is 0 Å². The van der Waals surface area contributed by atoms with Crippen molar-refractivity contribution in [1.29, 1.82) is 0 Å². The van der Waals surface area contributed by atoms with Crippen LogP contribution in [0.5, 0.6) is 0 Å². The molecule has 0 aliphatic rings. The van der Waals surface area contributed by atoms with E-state index in [2.05, 4.69) is 9.40 Å². The number of alkyl halides is 2. The molecule has 0 bridgehead atoms. The van der Waals surface area contributed by atoms with Gasteiger partial charge >= 0.3 is 5.97 Å². The van der Waals surface area contributed by atoms with Crippen LogP contribution in [0.15, 0.2) is 10.7 Å². The number of nitrogens with zero attached hydrogens (tertiary/aromatic N) is 1. The Hall–Kier alpha value is -1.46. The van der Waals surface area contributed by atoms with Crippen molar-refractivity contribution >= 4 is 5.97 Å². The highest BCUT2D eigenvalue weighted by molar-refractivity contribution is 5.66. The lowest BCUT2D eigenvalue weighted by Gasteiger charge is -1.89. The molecule has 0 aliphatic carbocycles. The van der Waals surface area contributed by atoms with Crippen molar-refractivity contribution in [2.24, 2.45) is 0 Å². The number of carboxylic acids is 1. The van der Waals surface area contributed by atoms with E-state index in [1.807, 2.05) is 0 Å². The molecular formula is C7H7F2NO3. The normalized spacial score (nSPS) is 10.7. The lowest BCUT2D eigenvalue weighted by atomic mass is 10.3. The van der Waals surface area contributed by atoms with Gasteiger partial charge in [0.25, 0.3) is 6.43 Å². The van der Waals surface area contributed by atoms with Crippen LogP contribution >= 0.6 is 0 Å². The Kier molecular flexibility index (Phi) is 2.94. The first-order valence-corrected chi connectivity index (χ1v) is 3.54. The highest BCUT2D eigenvalue weighted by atomic mass is 19.3. The summed E-state index contributed by atoms with van der Waals surface area (Å²) in [5.74, 6) is -0.991. The number of aryl methyl sites for hydroxylation is 1. The average molecular weight is 191 g/mol. The predicted molar refractivity (Wildman–Crippen MR) is 37.4 cm³/mol. The Balaban J connectivity index is 2.54. The smallest absolute Gasteiger partial charge is 0.303 e. The van der Waals surface area contributed by atoms with E-state index in [9.17, 15) is 13.6 Å². The second-order valence-corrected chi connectivity index (χ2v) is 2.36. The van der Waals surface area contributed by atoms with Crippen LogP contribution in [-0.2, 0) is 11.2 Å². The summed E-state index contributed by atoms with van der Waals surface area (Å²) in [6.07, 6.45) is -1.99. The molecular weight excluding hydrogens is 184 g/mol. The molecule has 1 aromatic heterocycles. The van der Waals surface area contributed by atoms with E-state index in [-0.39, 0.29) is 18.7 Å². The molecule has 6 heteroatoms. The summed E-state index contributed by atoms with van der Waals surface area (Å²) >= 11 is 0. The molecule has 0 amide bonds. The van der Waals surface area contributed by atoms with Gasteiger partial charge in [-0.3, -0.25) is 4.79 Å². The van der Waals surface area contributed by atoms with Crippen molar-refractivity contribution in [3.63, 3.8) is 0 Å². The standard InChI is InChI=1S/C7H7F2NO3/c8-7(9)4-3-13-5(10-4)1-2-6(11)12/h3,7H,1-2H2,(H,11,12). The Labute approximate surface area is 72.2 Å². The van der Waals surface area contributed by atoms with Gasteiger partial charge in [-0.25, -0.2) is 13.8 Å². The van der Waals surface area contributed by atoms with Crippen molar-refractivity contribution in [2.45, 2.75) is 19.3 Å². The maximum absolute atomic E-state index is 11.9. The predicted octanol–water partition coefficient (Wildman–Crippen LogP) is 1.63. The first kappa shape index (κ1) is 9.63. The van der Waals surface area contributed by atoms with Gasteiger partial charge in [0.15, 0.2) is 5.89 Å². The van der Waals surface area contributed by atoms with Crippen molar-refractivity contribution < 1.29 is 23.1 Å². The number of aromatic nitrogens is 1. The fourth-order valence-corrected chi connectivity index (χ4v) is 0.754. The van der Waals surface area contributed by atoms with Crippen molar-refractivity contribution in [1.82, 2.24) is 4.98 Å². The van der Waals surface area contributed by atoms with Gasteiger partial charge in [0.2, 0.25) is 0 Å². The Morgan fingerprint density at radius 1 is 1.69 bits per heavy atom. The Bertz CT molecular complexity index is 298. The van der Waals surface area contributed by atoms with Gasteiger partial charge in [0, 0.05) is 6.42 Å². The van der Waals surface area contributed by atoms with Crippen LogP contribution in [0, 0.1) is 0 Å². The van der Waals surface area contributed by atoms with E-state index in [0.29, 0.717) is 0 Å². The molecule has 0 fully saturated rings. The highest BCUT2D eigenvalue weighted by Crippen LogP contribution is 2.17. The van der Waals surface area contributed by atoms with Crippen LogP contribution in [0.3, 0.4) is 0 Å². The maximum Gasteiger partial charge on any atom is 0.303 e. The molecule has 0 aliphatic heterocycles. The van der Waals surface area contributed by atoms with E-state index in [0.717, 1.165) is 6.26 Å². The van der Waals surface area contributed by atoms with Crippen molar-refractivity contribution in [3.8, 4) is 0 Å². The number of halogens is 2. The van der Waals surface area contributed by atoms with E-state index in [1.165, 1.54) is 0 Å². The van der Waals surface area contributed by atoms with Crippen molar-refractivity contribution in [3.05, 3.63) is 17.8 Å². The van der Waals surface area contributed by atoms with Crippen LogP contribution in [0.2, 0.25) is 0 Å². The number of carboxylic acid groups (broad SMARTS) is 1. The molecule has 0 unspecified atom stereocenters. The average Bonchev–Trinajstić information content (AvgIpc) is 2.48. The lowest BCUT2D eigenvalue weighted by molar-refractivity contribution is -0.137. The summed E-state index contributed by atoms with van der Waals surface area (Å²) in [6, 6.07) is 0. The molecule has 0 saturated heterocycles. The minimum atomic E-state index is -2.68. The maximum atomic E-state index is 11.9. The van der Waals surface area contributed by atoms with Crippen LogP contribution in [0.1, 0.15) is 24.4 Å². The van der Waals surface area contributed by atoms with Gasteiger partial charge in [-0.15, -0.1) is 0 Å². The summed E-state index contributed by atoms with van der Waals surface area (Å²) in [5, 5.41) is 8.27. The third-order valence-electron chi connectivity index (χ3n) is 1.35. The van der Waals surface area contributed by atoms with Crippen LogP contribution in [-0.4, -0.2) is 16.1 Å². The first-order valence-electron chi connectivity index (χ1n) is 3.54. The SMILES string of the molecule is O=C(O)CCc1nc(C(F)F)co1. The van der Waals surface area contributed by atoms with E-state index in [4.69, 9.17) is 5.11 Å². The second-order valence-electron chi connectivity index (χ2n) is 2.36. The van der Waals surface area contributed by atoms with E-state index < -0.39 is 18.1 Å². The van der Waals surface area contributed by atoms with Gasteiger partial charge in [0.1, 0.15) is 12.0 Å². The fourth-order valence-electron chi connectivity index (χ4n) is 0.754. The summed E-state index contributed by atoms with van der Waals surface area (Å²) in [4.78, 5) is 13.5. The first-order chi connectivity index (χ1) is 6.09. The fraction of sp³-hybridized carbons (Fsp3) is 0.429. The van der Waals surface area contributed by atoms with Gasteiger partial charge in [-0.2, -0.15) is 0 Å². The summed E-state index contributed by atoms with van der Waals surface area (Å²) < 4.78 is 28.5. The highest BCUT2D eigenvalue weighted by Gasteiger charge is 2.13. The quantitative estimate of drug-likeness (QED) is 0.785. The molecule has 4 nitrogen and oxygen atoms in total. The summed E-state index contributed by atoms with van der Waals surface area (Å²) in [5.41, 5.74) is -0.458. The zero-order valence-corrected chi connectivity index (χ0v) is 6.54. The van der Waals surface area contributed by atoms with Crippen LogP contribution in [0.25, 0.3) is 0 Å². The Morgan fingerprint density at radius 2 is 2.38 bits per heavy atom. The molecule has 13 heavy (non-hydrogen) atoms. The largest absolute Gasteiger partial charge is 0.481 e. The molecule has 1 aromatic rings. The molecule has 1 heterocycles. The molecule has 0 spiro atoms. The van der Waals surface area contributed by atoms with E-state index in [1.54, 1.807) is 0 Å². The zero-order valence-electron chi connectivity index (χ0n) is 6.54. The second kappa shape index (κ2) is 3.97.